The fourth-order valence-corrected chi connectivity index (χ4v) is 3.20. The Hall–Kier alpha value is -2.52. The molecule has 15 heteroatoms. The van der Waals surface area contributed by atoms with Crippen LogP contribution < -0.4 is 21.7 Å². The molecule has 0 aliphatic rings. The highest BCUT2D eigenvalue weighted by Crippen LogP contribution is 2.06. The SMILES string of the molecule is CSCCC(N)C(=O)NC(CCC(=O)O)C(=O)NC(CCC(=O)O)C(=O)NC(CS)C(=O)O. The Morgan fingerprint density at radius 1 is 0.788 bits per heavy atom. The lowest BCUT2D eigenvalue weighted by Gasteiger charge is -2.24. The van der Waals surface area contributed by atoms with E-state index in [9.17, 15) is 28.8 Å². The highest BCUT2D eigenvalue weighted by molar-refractivity contribution is 7.98. The number of nitrogens with one attached hydrogen (secondary N) is 3. The maximum absolute atomic E-state index is 12.8. The fraction of sp³-hybridized carbons (Fsp3) is 0.667. The number of thiol groups is 1. The first kappa shape index (κ1) is 30.5. The predicted octanol–water partition coefficient (Wildman–Crippen LogP) is -1.73. The minimum Gasteiger partial charge on any atom is -0.481 e. The Bertz CT molecular complexity index is 723. The molecule has 0 rings (SSSR count). The van der Waals surface area contributed by atoms with Crippen molar-refractivity contribution in [1.82, 2.24) is 16.0 Å². The number of carbonyl (C=O) groups is 6. The van der Waals surface area contributed by atoms with Crippen LogP contribution in [-0.4, -0.2) is 92.9 Å². The van der Waals surface area contributed by atoms with Crippen LogP contribution in [0.25, 0.3) is 0 Å². The molecule has 0 fully saturated rings. The summed E-state index contributed by atoms with van der Waals surface area (Å²) in [5, 5.41) is 33.7. The van der Waals surface area contributed by atoms with Crippen molar-refractivity contribution in [2.45, 2.75) is 56.3 Å². The number of carboxylic acid groups (broad SMARTS) is 3. The first-order chi connectivity index (χ1) is 15.4. The van der Waals surface area contributed by atoms with Crippen molar-refractivity contribution < 1.29 is 44.1 Å². The minimum atomic E-state index is -1.45. The highest BCUT2D eigenvalue weighted by atomic mass is 32.2. The van der Waals surface area contributed by atoms with E-state index >= 15 is 0 Å². The van der Waals surface area contributed by atoms with Gasteiger partial charge in [0, 0.05) is 18.6 Å². The van der Waals surface area contributed by atoms with Crippen molar-refractivity contribution >= 4 is 60.0 Å². The van der Waals surface area contributed by atoms with Gasteiger partial charge in [-0.2, -0.15) is 24.4 Å². The van der Waals surface area contributed by atoms with Crippen molar-refractivity contribution in [3.05, 3.63) is 0 Å². The van der Waals surface area contributed by atoms with Crippen molar-refractivity contribution in [3.8, 4) is 0 Å². The van der Waals surface area contributed by atoms with Crippen LogP contribution in [0.4, 0.5) is 0 Å². The molecule has 0 spiro atoms. The maximum atomic E-state index is 12.8. The molecule has 0 heterocycles. The molecule has 188 valence electrons. The van der Waals surface area contributed by atoms with Gasteiger partial charge < -0.3 is 37.0 Å². The second kappa shape index (κ2) is 16.1. The van der Waals surface area contributed by atoms with Gasteiger partial charge in [0.25, 0.3) is 0 Å². The smallest absolute Gasteiger partial charge is 0.327 e. The van der Waals surface area contributed by atoms with Gasteiger partial charge in [-0.15, -0.1) is 0 Å². The standard InChI is InChI=1S/C18H30N4O9S2/c1-33-7-6-9(19)15(27)20-10(2-4-13(23)24)16(28)21-11(3-5-14(25)26)17(29)22-12(8-32)18(30)31/h9-12,32H,2-8,19H2,1H3,(H,20,27)(H,21,28)(H,22,29)(H,23,24)(H,25,26)(H,30,31). The van der Waals surface area contributed by atoms with Crippen LogP contribution in [0, 0.1) is 0 Å². The van der Waals surface area contributed by atoms with Gasteiger partial charge in [0.05, 0.1) is 6.04 Å². The molecule has 3 amide bonds. The number of hydrogen-bond donors (Lipinski definition) is 8. The molecule has 0 aromatic carbocycles. The number of aliphatic carboxylic acids is 3. The summed E-state index contributed by atoms with van der Waals surface area (Å²) in [6, 6.07) is -5.16. The largest absolute Gasteiger partial charge is 0.481 e. The summed E-state index contributed by atoms with van der Waals surface area (Å²) >= 11 is 5.28. The molecule has 0 radical (unpaired) electrons. The Balaban J connectivity index is 5.49. The number of hydrogen-bond acceptors (Lipinski definition) is 9. The lowest BCUT2D eigenvalue weighted by atomic mass is 10.1. The lowest BCUT2D eigenvalue weighted by Crippen LogP contribution is -2.57. The molecule has 4 unspecified atom stereocenters. The number of thioether (sulfide) groups is 1. The Morgan fingerprint density at radius 3 is 1.58 bits per heavy atom. The normalized spacial score (nSPS) is 14.3. The fourth-order valence-electron chi connectivity index (χ4n) is 2.46. The molecule has 0 aromatic rings. The van der Waals surface area contributed by atoms with Crippen molar-refractivity contribution in [3.63, 3.8) is 0 Å². The molecule has 0 saturated carbocycles. The van der Waals surface area contributed by atoms with Gasteiger partial charge in [-0.25, -0.2) is 4.79 Å². The van der Waals surface area contributed by atoms with Crippen LogP contribution in [0.2, 0.25) is 0 Å². The van der Waals surface area contributed by atoms with Crippen LogP contribution in [0.1, 0.15) is 32.1 Å². The van der Waals surface area contributed by atoms with Gasteiger partial charge >= 0.3 is 17.9 Å². The van der Waals surface area contributed by atoms with Gasteiger partial charge in [0.2, 0.25) is 17.7 Å². The van der Waals surface area contributed by atoms with Crippen molar-refractivity contribution in [1.29, 1.82) is 0 Å². The second-order valence-electron chi connectivity index (χ2n) is 6.96. The van der Waals surface area contributed by atoms with Crippen LogP contribution in [0.3, 0.4) is 0 Å². The topological polar surface area (TPSA) is 225 Å². The zero-order valence-electron chi connectivity index (χ0n) is 18.0. The molecule has 0 aliphatic carbocycles. The quantitative estimate of drug-likeness (QED) is 0.103. The summed E-state index contributed by atoms with van der Waals surface area (Å²) in [7, 11) is 0. The van der Waals surface area contributed by atoms with Crippen LogP contribution in [-0.2, 0) is 28.8 Å². The number of carbonyl (C=O) groups excluding carboxylic acids is 3. The summed E-state index contributed by atoms with van der Waals surface area (Å²) in [4.78, 5) is 70.5. The molecular formula is C18H30N4O9S2. The molecule has 0 aromatic heterocycles. The third-order valence-electron chi connectivity index (χ3n) is 4.33. The summed E-state index contributed by atoms with van der Waals surface area (Å²) in [5.41, 5.74) is 5.77. The average Bonchev–Trinajstić information content (AvgIpc) is 2.74. The third-order valence-corrected chi connectivity index (χ3v) is 5.34. The Labute approximate surface area is 200 Å². The Morgan fingerprint density at radius 2 is 1.21 bits per heavy atom. The van der Waals surface area contributed by atoms with E-state index < -0.39 is 72.6 Å². The van der Waals surface area contributed by atoms with Gasteiger partial charge in [0.1, 0.15) is 18.1 Å². The van der Waals surface area contributed by atoms with Crippen LogP contribution in [0.5, 0.6) is 0 Å². The zero-order valence-corrected chi connectivity index (χ0v) is 19.7. The molecule has 8 N–H and O–H groups in total. The van der Waals surface area contributed by atoms with E-state index in [0.29, 0.717) is 12.2 Å². The molecular weight excluding hydrogens is 480 g/mol. The summed E-state index contributed by atoms with van der Waals surface area (Å²) in [5.74, 6) is -6.15. The van der Waals surface area contributed by atoms with Crippen molar-refractivity contribution in [2.75, 3.05) is 17.8 Å². The lowest BCUT2D eigenvalue weighted by molar-refractivity contribution is -0.142. The monoisotopic (exact) mass is 510 g/mol. The van der Waals surface area contributed by atoms with E-state index in [-0.39, 0.29) is 18.6 Å². The molecule has 13 nitrogen and oxygen atoms in total. The Kier molecular flexibility index (Phi) is 14.9. The third kappa shape index (κ3) is 12.9. The van der Waals surface area contributed by atoms with Gasteiger partial charge in [-0.05, 0) is 31.3 Å². The van der Waals surface area contributed by atoms with E-state index in [0.717, 1.165) is 0 Å². The van der Waals surface area contributed by atoms with E-state index in [1.54, 1.807) is 0 Å². The number of amides is 3. The summed E-state index contributed by atoms with van der Waals surface area (Å²) < 4.78 is 0. The summed E-state index contributed by atoms with van der Waals surface area (Å²) in [6.07, 6.45) is 0.430. The number of rotatable bonds is 17. The number of carboxylic acids is 3. The van der Waals surface area contributed by atoms with E-state index in [4.69, 9.17) is 21.1 Å². The second-order valence-corrected chi connectivity index (χ2v) is 8.31. The molecule has 33 heavy (non-hydrogen) atoms. The molecule has 0 aliphatic heterocycles. The first-order valence-corrected chi connectivity index (χ1v) is 11.9. The van der Waals surface area contributed by atoms with E-state index in [1.165, 1.54) is 11.8 Å². The van der Waals surface area contributed by atoms with Crippen LogP contribution >= 0.6 is 24.4 Å². The van der Waals surface area contributed by atoms with Gasteiger partial charge in [0.15, 0.2) is 0 Å². The van der Waals surface area contributed by atoms with Crippen LogP contribution in [0.15, 0.2) is 0 Å². The van der Waals surface area contributed by atoms with Gasteiger partial charge in [-0.1, -0.05) is 0 Å². The highest BCUT2D eigenvalue weighted by Gasteiger charge is 2.30. The predicted molar refractivity (Wildman–Crippen MR) is 122 cm³/mol. The molecule has 0 saturated heterocycles. The van der Waals surface area contributed by atoms with Crippen molar-refractivity contribution in [2.24, 2.45) is 5.73 Å². The summed E-state index contributed by atoms with van der Waals surface area (Å²) in [6.45, 7) is 0. The van der Waals surface area contributed by atoms with E-state index in [1.807, 2.05) is 6.26 Å². The average molecular weight is 511 g/mol. The number of nitrogens with two attached hydrogens (primary N) is 1. The maximum Gasteiger partial charge on any atom is 0.327 e. The first-order valence-electron chi connectivity index (χ1n) is 9.85. The molecule has 4 atom stereocenters. The minimum absolute atomic E-state index is 0.258. The molecule has 0 bridgehead atoms. The zero-order chi connectivity index (χ0) is 25.6. The van der Waals surface area contributed by atoms with E-state index in [2.05, 4.69) is 28.6 Å². The van der Waals surface area contributed by atoms with Gasteiger partial charge in [-0.3, -0.25) is 24.0 Å².